The molecular formula is C22H28N2O5. The number of ether oxygens (including phenoxy) is 1. The summed E-state index contributed by atoms with van der Waals surface area (Å²) in [7, 11) is 0. The Kier molecular flexibility index (Phi) is 6.67. The number of hydrogen-bond acceptors (Lipinski definition) is 5. The van der Waals surface area contributed by atoms with E-state index < -0.39 is 18.5 Å². The Morgan fingerprint density at radius 3 is 2.28 bits per heavy atom. The predicted octanol–water partition coefficient (Wildman–Crippen LogP) is 2.30. The number of ketones is 1. The van der Waals surface area contributed by atoms with Crippen molar-refractivity contribution in [2.45, 2.75) is 46.0 Å². The highest BCUT2D eigenvalue weighted by Gasteiger charge is 2.41. The van der Waals surface area contributed by atoms with E-state index in [0.717, 1.165) is 36.1 Å². The van der Waals surface area contributed by atoms with Crippen molar-refractivity contribution in [3.8, 4) is 0 Å². The first-order valence-electron chi connectivity index (χ1n) is 10.2. The van der Waals surface area contributed by atoms with Crippen LogP contribution < -0.4 is 10.6 Å². The van der Waals surface area contributed by atoms with Gasteiger partial charge in [0, 0.05) is 17.5 Å². The Bertz CT molecular complexity index is 783. The highest BCUT2D eigenvalue weighted by molar-refractivity contribution is 5.96. The van der Waals surface area contributed by atoms with Gasteiger partial charge in [-0.15, -0.1) is 0 Å². The number of esters is 1. The Balaban J connectivity index is 1.40. The third-order valence-electron chi connectivity index (χ3n) is 5.92. The molecule has 0 aliphatic heterocycles. The molecule has 2 N–H and O–H groups in total. The molecule has 2 bridgehead atoms. The van der Waals surface area contributed by atoms with Gasteiger partial charge in [0.1, 0.15) is 5.78 Å². The van der Waals surface area contributed by atoms with Crippen LogP contribution in [0.5, 0.6) is 0 Å². The third kappa shape index (κ3) is 5.22. The lowest BCUT2D eigenvalue weighted by Gasteiger charge is -2.36. The summed E-state index contributed by atoms with van der Waals surface area (Å²) in [6, 6.07) is 5.70. The van der Waals surface area contributed by atoms with Crippen molar-refractivity contribution in [1.82, 2.24) is 5.32 Å². The molecule has 1 aromatic rings. The number of para-hydroxylation sites is 1. The summed E-state index contributed by atoms with van der Waals surface area (Å²) < 4.78 is 5.14. The molecule has 0 spiro atoms. The van der Waals surface area contributed by atoms with Crippen molar-refractivity contribution >= 4 is 29.3 Å². The van der Waals surface area contributed by atoms with E-state index in [4.69, 9.17) is 4.74 Å². The van der Waals surface area contributed by atoms with E-state index in [-0.39, 0.29) is 36.0 Å². The lowest BCUT2D eigenvalue weighted by molar-refractivity contribution is -0.156. The smallest absolute Gasteiger partial charge is 0.309 e. The SMILES string of the molecule is Cc1cccc(C)c1NC(=O)CNC(=O)COC(=O)C1C[C@@H]2CCC[C@@H](C1)C2=O. The van der Waals surface area contributed by atoms with E-state index in [0.29, 0.717) is 12.8 Å². The third-order valence-corrected chi connectivity index (χ3v) is 5.92. The zero-order chi connectivity index (χ0) is 21.0. The van der Waals surface area contributed by atoms with Crippen LogP contribution in [0.25, 0.3) is 0 Å². The molecule has 7 nitrogen and oxygen atoms in total. The molecule has 29 heavy (non-hydrogen) atoms. The molecule has 2 amide bonds. The van der Waals surface area contributed by atoms with Crippen molar-refractivity contribution in [2.24, 2.45) is 17.8 Å². The lowest BCUT2D eigenvalue weighted by atomic mass is 9.67. The van der Waals surface area contributed by atoms with E-state index >= 15 is 0 Å². The van der Waals surface area contributed by atoms with Crippen LogP contribution in [0, 0.1) is 31.6 Å². The van der Waals surface area contributed by atoms with Gasteiger partial charge < -0.3 is 15.4 Å². The van der Waals surface area contributed by atoms with Gasteiger partial charge in [-0.05, 0) is 50.7 Å². The van der Waals surface area contributed by atoms with E-state index in [1.165, 1.54) is 0 Å². The Morgan fingerprint density at radius 1 is 1.03 bits per heavy atom. The topological polar surface area (TPSA) is 102 Å². The lowest BCUT2D eigenvalue weighted by Crippen LogP contribution is -2.40. The minimum atomic E-state index is -0.526. The van der Waals surface area contributed by atoms with Gasteiger partial charge in [0.25, 0.3) is 5.91 Å². The summed E-state index contributed by atoms with van der Waals surface area (Å²) in [6.45, 7) is 3.17. The first-order chi connectivity index (χ1) is 13.8. The van der Waals surface area contributed by atoms with Crippen LogP contribution in [-0.2, 0) is 23.9 Å². The second-order valence-corrected chi connectivity index (χ2v) is 8.09. The monoisotopic (exact) mass is 400 g/mol. The standard InChI is InChI=1S/C22H28N2O5/c1-13-5-3-6-14(2)20(13)24-18(25)11-23-19(26)12-29-22(28)17-9-15-7-4-8-16(10-17)21(15)27/h3,5-6,15-17H,4,7-12H2,1-2H3,(H,23,26)(H,24,25)/t15-,16-/m0/s1. The number of fused-ring (bicyclic) bond motifs is 2. The molecule has 156 valence electrons. The maximum atomic E-state index is 12.3. The number of aryl methyl sites for hydroxylation is 2. The first-order valence-corrected chi connectivity index (χ1v) is 10.2. The highest BCUT2D eigenvalue weighted by Crippen LogP contribution is 2.40. The largest absolute Gasteiger partial charge is 0.455 e. The van der Waals surface area contributed by atoms with E-state index in [9.17, 15) is 19.2 Å². The molecule has 2 saturated carbocycles. The fraction of sp³-hybridized carbons (Fsp3) is 0.545. The second kappa shape index (κ2) is 9.20. The number of nitrogens with one attached hydrogen (secondary N) is 2. The second-order valence-electron chi connectivity index (χ2n) is 8.09. The number of Topliss-reactive ketones (excluding diaryl/α,β-unsaturated/α-hetero) is 1. The molecular weight excluding hydrogens is 372 g/mol. The van der Waals surface area contributed by atoms with Crippen LogP contribution in [-0.4, -0.2) is 36.7 Å². The number of carbonyl (C=O) groups is 4. The van der Waals surface area contributed by atoms with Crippen molar-refractivity contribution in [2.75, 3.05) is 18.5 Å². The predicted molar refractivity (Wildman–Crippen MR) is 107 cm³/mol. The average Bonchev–Trinajstić information content (AvgIpc) is 2.67. The van der Waals surface area contributed by atoms with Gasteiger partial charge in [0.15, 0.2) is 6.61 Å². The van der Waals surface area contributed by atoms with Gasteiger partial charge in [-0.2, -0.15) is 0 Å². The van der Waals surface area contributed by atoms with Crippen molar-refractivity contribution in [1.29, 1.82) is 0 Å². The van der Waals surface area contributed by atoms with Gasteiger partial charge in [-0.3, -0.25) is 19.2 Å². The maximum Gasteiger partial charge on any atom is 0.309 e. The van der Waals surface area contributed by atoms with Crippen LogP contribution in [0.1, 0.15) is 43.2 Å². The van der Waals surface area contributed by atoms with Gasteiger partial charge in [-0.25, -0.2) is 0 Å². The van der Waals surface area contributed by atoms with Crippen LogP contribution in [0.3, 0.4) is 0 Å². The van der Waals surface area contributed by atoms with E-state index in [2.05, 4.69) is 10.6 Å². The number of carbonyl (C=O) groups excluding carboxylic acids is 4. The van der Waals surface area contributed by atoms with Crippen molar-refractivity contribution in [3.63, 3.8) is 0 Å². The van der Waals surface area contributed by atoms with Gasteiger partial charge in [0.2, 0.25) is 5.91 Å². The average molecular weight is 400 g/mol. The molecule has 1 aromatic carbocycles. The summed E-state index contributed by atoms with van der Waals surface area (Å²) in [5, 5.41) is 5.25. The fourth-order valence-corrected chi connectivity index (χ4v) is 4.35. The van der Waals surface area contributed by atoms with Crippen molar-refractivity contribution < 1.29 is 23.9 Å². The Hall–Kier alpha value is -2.70. The van der Waals surface area contributed by atoms with Crippen LogP contribution in [0.2, 0.25) is 0 Å². The van der Waals surface area contributed by atoms with Gasteiger partial charge in [0.05, 0.1) is 12.5 Å². The van der Waals surface area contributed by atoms with E-state index in [1.807, 2.05) is 32.0 Å². The molecule has 3 rings (SSSR count). The quantitative estimate of drug-likeness (QED) is 0.714. The Labute approximate surface area is 170 Å². The zero-order valence-electron chi connectivity index (χ0n) is 17.0. The minimum Gasteiger partial charge on any atom is -0.455 e. The van der Waals surface area contributed by atoms with Crippen LogP contribution in [0.15, 0.2) is 18.2 Å². The molecule has 0 heterocycles. The summed E-state index contributed by atoms with van der Waals surface area (Å²) in [5.74, 6) is -1.41. The highest BCUT2D eigenvalue weighted by atomic mass is 16.5. The van der Waals surface area contributed by atoms with Gasteiger partial charge in [-0.1, -0.05) is 24.6 Å². The zero-order valence-corrected chi connectivity index (χ0v) is 17.0. The number of benzene rings is 1. The summed E-state index contributed by atoms with van der Waals surface area (Å²) >= 11 is 0. The molecule has 2 aliphatic carbocycles. The van der Waals surface area contributed by atoms with E-state index in [1.54, 1.807) is 0 Å². The number of anilines is 1. The summed E-state index contributed by atoms with van der Waals surface area (Å²) in [4.78, 5) is 48.4. The van der Waals surface area contributed by atoms with Crippen molar-refractivity contribution in [3.05, 3.63) is 29.3 Å². The van der Waals surface area contributed by atoms with Crippen LogP contribution in [0.4, 0.5) is 5.69 Å². The maximum absolute atomic E-state index is 12.3. The number of amides is 2. The molecule has 2 aliphatic rings. The summed E-state index contributed by atoms with van der Waals surface area (Å²) in [6.07, 6.45) is 3.77. The molecule has 2 fully saturated rings. The molecule has 0 unspecified atom stereocenters. The van der Waals surface area contributed by atoms with Gasteiger partial charge >= 0.3 is 5.97 Å². The molecule has 2 atom stereocenters. The number of rotatable bonds is 6. The number of hydrogen-bond donors (Lipinski definition) is 2. The molecule has 0 saturated heterocycles. The first kappa shape index (κ1) is 21.0. The normalized spacial score (nSPS) is 23.2. The minimum absolute atomic E-state index is 0.0394. The fourth-order valence-electron chi connectivity index (χ4n) is 4.35. The Morgan fingerprint density at radius 2 is 1.66 bits per heavy atom. The van der Waals surface area contributed by atoms with Crippen LogP contribution >= 0.6 is 0 Å². The molecule has 7 heteroatoms. The molecule has 0 aromatic heterocycles. The molecule has 0 radical (unpaired) electrons. The summed E-state index contributed by atoms with van der Waals surface area (Å²) in [5.41, 5.74) is 2.61.